The average Bonchev–Trinajstić information content (AvgIpc) is 2.59. The van der Waals surface area contributed by atoms with Crippen LogP contribution < -0.4 is 10.6 Å². The van der Waals surface area contributed by atoms with Gasteiger partial charge in [-0.05, 0) is 49.1 Å². The van der Waals surface area contributed by atoms with Gasteiger partial charge in [0.25, 0.3) is 5.91 Å². The predicted octanol–water partition coefficient (Wildman–Crippen LogP) is 3.95. The van der Waals surface area contributed by atoms with Crippen molar-refractivity contribution < 1.29 is 9.59 Å². The van der Waals surface area contributed by atoms with Gasteiger partial charge in [0.2, 0.25) is 5.91 Å². The molecule has 0 aliphatic rings. The number of amides is 2. The maximum absolute atomic E-state index is 12.6. The summed E-state index contributed by atoms with van der Waals surface area (Å²) in [6, 6.07) is 14.5. The van der Waals surface area contributed by atoms with E-state index in [0.29, 0.717) is 5.56 Å². The van der Waals surface area contributed by atoms with Gasteiger partial charge in [0.15, 0.2) is 0 Å². The monoisotopic (exact) mass is 338 g/mol. The molecule has 2 aromatic carbocycles. The number of carbonyl (C=O) groups excluding carboxylic acids is 2. The molecule has 1 atom stereocenters. The first-order valence-electron chi connectivity index (χ1n) is 8.68. The number of rotatable bonds is 6. The maximum atomic E-state index is 12.6. The van der Waals surface area contributed by atoms with Gasteiger partial charge in [0.05, 0.1) is 0 Å². The van der Waals surface area contributed by atoms with Crippen LogP contribution in [0.4, 0.5) is 5.69 Å². The van der Waals surface area contributed by atoms with Gasteiger partial charge in [-0.25, -0.2) is 0 Å². The van der Waals surface area contributed by atoms with Gasteiger partial charge < -0.3 is 10.6 Å². The Morgan fingerprint density at radius 1 is 1.04 bits per heavy atom. The number of carbonyl (C=O) groups is 2. The molecular formula is C21H26N2O2. The van der Waals surface area contributed by atoms with Crippen LogP contribution in [-0.4, -0.2) is 17.9 Å². The van der Waals surface area contributed by atoms with Crippen LogP contribution in [0.5, 0.6) is 0 Å². The van der Waals surface area contributed by atoms with E-state index in [9.17, 15) is 9.59 Å². The Morgan fingerprint density at radius 3 is 2.32 bits per heavy atom. The summed E-state index contributed by atoms with van der Waals surface area (Å²) >= 11 is 0. The molecule has 0 heterocycles. The van der Waals surface area contributed by atoms with Crippen LogP contribution in [0.1, 0.15) is 42.3 Å². The van der Waals surface area contributed by atoms with Gasteiger partial charge in [-0.3, -0.25) is 9.59 Å². The van der Waals surface area contributed by atoms with E-state index in [1.807, 2.05) is 57.2 Å². The molecular weight excluding hydrogens is 312 g/mol. The van der Waals surface area contributed by atoms with Gasteiger partial charge in [0, 0.05) is 11.3 Å². The van der Waals surface area contributed by atoms with E-state index < -0.39 is 6.04 Å². The van der Waals surface area contributed by atoms with E-state index in [-0.39, 0.29) is 17.7 Å². The lowest BCUT2D eigenvalue weighted by molar-refractivity contribution is -0.118. The van der Waals surface area contributed by atoms with Crippen molar-refractivity contribution in [3.63, 3.8) is 0 Å². The molecule has 4 heteroatoms. The SMILES string of the molecule is CCc1cccc(NC(=O)[C@@H](NC(=O)c2ccc(C)cc2)C(C)C)c1. The quantitative estimate of drug-likeness (QED) is 0.838. The van der Waals surface area contributed by atoms with E-state index in [4.69, 9.17) is 0 Å². The molecule has 2 N–H and O–H groups in total. The van der Waals surface area contributed by atoms with Crippen molar-refractivity contribution in [1.29, 1.82) is 0 Å². The van der Waals surface area contributed by atoms with Gasteiger partial charge in [-0.15, -0.1) is 0 Å². The summed E-state index contributed by atoms with van der Waals surface area (Å²) in [7, 11) is 0. The molecule has 132 valence electrons. The van der Waals surface area contributed by atoms with Crippen LogP contribution in [0, 0.1) is 12.8 Å². The summed E-state index contributed by atoms with van der Waals surface area (Å²) < 4.78 is 0. The fourth-order valence-electron chi connectivity index (χ4n) is 2.55. The molecule has 0 saturated heterocycles. The number of benzene rings is 2. The predicted molar refractivity (Wildman–Crippen MR) is 102 cm³/mol. The molecule has 0 aromatic heterocycles. The van der Waals surface area contributed by atoms with Crippen molar-refractivity contribution in [2.45, 2.75) is 40.2 Å². The molecule has 0 aliphatic carbocycles. The minimum absolute atomic E-state index is 0.0243. The summed E-state index contributed by atoms with van der Waals surface area (Å²) in [5, 5.41) is 5.76. The van der Waals surface area contributed by atoms with Gasteiger partial charge in [-0.2, -0.15) is 0 Å². The second kappa shape index (κ2) is 8.47. The van der Waals surface area contributed by atoms with Gasteiger partial charge >= 0.3 is 0 Å². The Bertz CT molecular complexity index is 736. The zero-order valence-electron chi connectivity index (χ0n) is 15.3. The highest BCUT2D eigenvalue weighted by atomic mass is 16.2. The topological polar surface area (TPSA) is 58.2 Å². The highest BCUT2D eigenvalue weighted by molar-refractivity contribution is 6.01. The Kier molecular flexibility index (Phi) is 6.34. The molecule has 0 aliphatic heterocycles. The van der Waals surface area contributed by atoms with E-state index in [1.54, 1.807) is 12.1 Å². The highest BCUT2D eigenvalue weighted by Crippen LogP contribution is 2.13. The normalized spacial score (nSPS) is 11.9. The molecule has 2 aromatic rings. The van der Waals surface area contributed by atoms with Crippen molar-refractivity contribution in [3.8, 4) is 0 Å². The van der Waals surface area contributed by atoms with E-state index in [0.717, 1.165) is 23.2 Å². The fraction of sp³-hybridized carbons (Fsp3) is 0.333. The number of hydrogen-bond acceptors (Lipinski definition) is 2. The fourth-order valence-corrected chi connectivity index (χ4v) is 2.55. The van der Waals surface area contributed by atoms with Crippen LogP contribution >= 0.6 is 0 Å². The zero-order valence-corrected chi connectivity index (χ0v) is 15.3. The molecule has 2 amide bonds. The third-order valence-electron chi connectivity index (χ3n) is 4.15. The van der Waals surface area contributed by atoms with Crippen LogP contribution in [-0.2, 0) is 11.2 Å². The Morgan fingerprint density at radius 2 is 1.72 bits per heavy atom. The largest absolute Gasteiger partial charge is 0.340 e. The van der Waals surface area contributed by atoms with E-state index in [2.05, 4.69) is 17.6 Å². The molecule has 0 bridgehead atoms. The van der Waals surface area contributed by atoms with Crippen LogP contribution in [0.25, 0.3) is 0 Å². The molecule has 0 fully saturated rings. The molecule has 0 radical (unpaired) electrons. The van der Waals surface area contributed by atoms with Gasteiger partial charge in [-0.1, -0.05) is 50.6 Å². The van der Waals surface area contributed by atoms with E-state index >= 15 is 0 Å². The smallest absolute Gasteiger partial charge is 0.251 e. The molecule has 0 spiro atoms. The summed E-state index contributed by atoms with van der Waals surface area (Å²) in [5.41, 5.74) is 3.55. The number of nitrogens with one attached hydrogen (secondary N) is 2. The third-order valence-corrected chi connectivity index (χ3v) is 4.15. The first-order valence-corrected chi connectivity index (χ1v) is 8.68. The Labute approximate surface area is 149 Å². The van der Waals surface area contributed by atoms with Crippen molar-refractivity contribution in [3.05, 3.63) is 65.2 Å². The van der Waals surface area contributed by atoms with Crippen LogP contribution in [0.2, 0.25) is 0 Å². The molecule has 0 unspecified atom stereocenters. The van der Waals surface area contributed by atoms with Crippen LogP contribution in [0.3, 0.4) is 0 Å². The number of anilines is 1. The second-order valence-corrected chi connectivity index (χ2v) is 6.60. The lowest BCUT2D eigenvalue weighted by atomic mass is 10.0. The number of aryl methyl sites for hydroxylation is 2. The molecule has 25 heavy (non-hydrogen) atoms. The van der Waals surface area contributed by atoms with Crippen molar-refractivity contribution >= 4 is 17.5 Å². The van der Waals surface area contributed by atoms with Crippen LogP contribution in [0.15, 0.2) is 48.5 Å². The minimum atomic E-state index is -0.598. The summed E-state index contributed by atoms with van der Waals surface area (Å²) in [6.07, 6.45) is 0.904. The summed E-state index contributed by atoms with van der Waals surface area (Å²) in [6.45, 7) is 7.88. The van der Waals surface area contributed by atoms with Crippen molar-refractivity contribution in [1.82, 2.24) is 5.32 Å². The lowest BCUT2D eigenvalue weighted by Gasteiger charge is -2.22. The lowest BCUT2D eigenvalue weighted by Crippen LogP contribution is -2.47. The Hall–Kier alpha value is -2.62. The summed E-state index contributed by atoms with van der Waals surface area (Å²) in [4.78, 5) is 25.1. The maximum Gasteiger partial charge on any atom is 0.251 e. The molecule has 0 saturated carbocycles. The zero-order chi connectivity index (χ0) is 18.4. The Balaban J connectivity index is 2.09. The minimum Gasteiger partial charge on any atom is -0.340 e. The number of hydrogen-bond donors (Lipinski definition) is 2. The first kappa shape index (κ1) is 18.7. The third kappa shape index (κ3) is 5.18. The van der Waals surface area contributed by atoms with Crippen molar-refractivity contribution in [2.75, 3.05) is 5.32 Å². The molecule has 2 rings (SSSR count). The van der Waals surface area contributed by atoms with Gasteiger partial charge in [0.1, 0.15) is 6.04 Å². The van der Waals surface area contributed by atoms with E-state index in [1.165, 1.54) is 0 Å². The summed E-state index contributed by atoms with van der Waals surface area (Å²) in [5.74, 6) is -0.469. The molecule has 4 nitrogen and oxygen atoms in total. The standard InChI is InChI=1S/C21H26N2O2/c1-5-16-7-6-8-18(13-16)22-21(25)19(14(2)3)23-20(24)17-11-9-15(4)10-12-17/h6-14,19H,5H2,1-4H3,(H,22,25)(H,23,24)/t19-/m0/s1. The van der Waals surface area contributed by atoms with Crippen molar-refractivity contribution in [2.24, 2.45) is 5.92 Å². The average molecular weight is 338 g/mol. The highest BCUT2D eigenvalue weighted by Gasteiger charge is 2.24. The first-order chi connectivity index (χ1) is 11.9. The second-order valence-electron chi connectivity index (χ2n) is 6.60.